The molecule has 0 radical (unpaired) electrons. The van der Waals surface area contributed by atoms with E-state index < -0.39 is 0 Å². The Balaban J connectivity index is 1.52. The fourth-order valence-electron chi connectivity index (χ4n) is 4.10. The standard InChI is InChI=1S/C27H30Cl2N4O4/c1-16-9-25(37-14-20-12-26(34)30-31(20)3)19(10-22(16)28)7-6-18-11-24(17(2)8-23(18)29)36-15-21-13-27(35)33(5)32(21)4/h8-13H,6-7,14-15H2,1-5H3,(H,30,34). The van der Waals surface area contributed by atoms with Crippen LogP contribution in [0.5, 0.6) is 11.5 Å². The van der Waals surface area contributed by atoms with Crippen LogP contribution in [0.1, 0.15) is 33.6 Å². The van der Waals surface area contributed by atoms with Crippen molar-refractivity contribution in [1.82, 2.24) is 19.1 Å². The van der Waals surface area contributed by atoms with E-state index in [2.05, 4.69) is 5.10 Å². The number of ether oxygens (including phenoxy) is 2. The summed E-state index contributed by atoms with van der Waals surface area (Å²) in [6.45, 7) is 4.37. The van der Waals surface area contributed by atoms with Gasteiger partial charge in [0.15, 0.2) is 0 Å². The van der Waals surface area contributed by atoms with Gasteiger partial charge in [0.1, 0.15) is 24.7 Å². The first-order chi connectivity index (χ1) is 17.5. The smallest absolute Gasteiger partial charge is 0.266 e. The summed E-state index contributed by atoms with van der Waals surface area (Å²) in [7, 11) is 5.30. The number of H-pyrrole nitrogens is 1. The van der Waals surface area contributed by atoms with Gasteiger partial charge in [0, 0.05) is 43.3 Å². The third-order valence-corrected chi connectivity index (χ3v) is 7.34. The topological polar surface area (TPSA) is 83.2 Å². The summed E-state index contributed by atoms with van der Waals surface area (Å²) < 4.78 is 17.1. The van der Waals surface area contributed by atoms with Crippen LogP contribution in [0.2, 0.25) is 10.0 Å². The van der Waals surface area contributed by atoms with Crippen molar-refractivity contribution in [1.29, 1.82) is 0 Å². The Hall–Kier alpha value is -3.36. The maximum Gasteiger partial charge on any atom is 0.266 e. The highest BCUT2D eigenvalue weighted by Gasteiger charge is 2.14. The summed E-state index contributed by atoms with van der Waals surface area (Å²) in [5.41, 5.74) is 4.95. The van der Waals surface area contributed by atoms with Gasteiger partial charge in [-0.25, -0.2) is 0 Å². The molecule has 4 rings (SSSR count). The summed E-state index contributed by atoms with van der Waals surface area (Å²) >= 11 is 13.0. The van der Waals surface area contributed by atoms with Gasteiger partial charge >= 0.3 is 0 Å². The largest absolute Gasteiger partial charge is 0.487 e. The van der Waals surface area contributed by atoms with Crippen LogP contribution in [0.4, 0.5) is 0 Å². The van der Waals surface area contributed by atoms with Crippen molar-refractivity contribution in [3.05, 3.63) is 101 Å². The van der Waals surface area contributed by atoms with Crippen LogP contribution in [0.15, 0.2) is 46.0 Å². The molecule has 0 fully saturated rings. The van der Waals surface area contributed by atoms with Crippen molar-refractivity contribution in [3.8, 4) is 11.5 Å². The quantitative estimate of drug-likeness (QED) is 0.333. The van der Waals surface area contributed by atoms with E-state index in [9.17, 15) is 9.59 Å². The molecule has 196 valence electrons. The highest BCUT2D eigenvalue weighted by Crippen LogP contribution is 2.32. The van der Waals surface area contributed by atoms with E-state index in [1.807, 2.05) is 45.2 Å². The van der Waals surface area contributed by atoms with E-state index >= 15 is 0 Å². The highest BCUT2D eigenvalue weighted by molar-refractivity contribution is 6.31. The van der Waals surface area contributed by atoms with Gasteiger partial charge in [0.25, 0.3) is 11.1 Å². The number of nitrogens with zero attached hydrogens (tertiary/aromatic N) is 3. The van der Waals surface area contributed by atoms with Gasteiger partial charge in [-0.3, -0.25) is 28.7 Å². The van der Waals surface area contributed by atoms with E-state index in [0.29, 0.717) is 34.4 Å². The molecular weight excluding hydrogens is 515 g/mol. The number of hydrogen-bond acceptors (Lipinski definition) is 4. The molecule has 10 heteroatoms. The van der Waals surface area contributed by atoms with Crippen molar-refractivity contribution in [2.24, 2.45) is 21.1 Å². The normalized spacial score (nSPS) is 11.2. The summed E-state index contributed by atoms with van der Waals surface area (Å²) in [5.74, 6) is 1.42. The van der Waals surface area contributed by atoms with Crippen LogP contribution in [-0.2, 0) is 47.2 Å². The van der Waals surface area contributed by atoms with Crippen LogP contribution in [0.3, 0.4) is 0 Å². The first-order valence-corrected chi connectivity index (χ1v) is 12.6. The number of aromatic amines is 1. The molecule has 0 unspecified atom stereocenters. The lowest BCUT2D eigenvalue weighted by Crippen LogP contribution is -2.17. The zero-order chi connectivity index (χ0) is 26.9. The van der Waals surface area contributed by atoms with Gasteiger partial charge in [0.05, 0.1) is 11.4 Å². The van der Waals surface area contributed by atoms with Gasteiger partial charge in [-0.2, -0.15) is 0 Å². The summed E-state index contributed by atoms with van der Waals surface area (Å²) in [6, 6.07) is 10.8. The number of nitrogens with one attached hydrogen (secondary N) is 1. The first-order valence-electron chi connectivity index (χ1n) is 11.8. The van der Waals surface area contributed by atoms with Gasteiger partial charge < -0.3 is 9.47 Å². The second-order valence-corrected chi connectivity index (χ2v) is 10.0. The molecular formula is C27H30Cl2N4O4. The van der Waals surface area contributed by atoms with Crippen LogP contribution in [0, 0.1) is 13.8 Å². The molecule has 2 aromatic heterocycles. The number of rotatable bonds is 9. The zero-order valence-corrected chi connectivity index (χ0v) is 23.0. The lowest BCUT2D eigenvalue weighted by atomic mass is 10.0. The predicted molar refractivity (Wildman–Crippen MR) is 145 cm³/mol. The Bertz CT molecular complexity index is 1560. The molecule has 0 amide bonds. The third kappa shape index (κ3) is 5.97. The third-order valence-electron chi connectivity index (χ3n) is 6.58. The van der Waals surface area contributed by atoms with Crippen molar-refractivity contribution in [2.75, 3.05) is 0 Å². The number of hydrogen-bond donors (Lipinski definition) is 1. The number of aryl methyl sites for hydroxylation is 5. The fraction of sp³-hybridized carbons (Fsp3) is 0.333. The molecule has 0 aliphatic rings. The van der Waals surface area contributed by atoms with E-state index in [-0.39, 0.29) is 24.3 Å². The second-order valence-electron chi connectivity index (χ2n) is 9.19. The van der Waals surface area contributed by atoms with Gasteiger partial charge in [0.2, 0.25) is 0 Å². The summed E-state index contributed by atoms with van der Waals surface area (Å²) in [6.07, 6.45) is 1.27. The van der Waals surface area contributed by atoms with Crippen LogP contribution >= 0.6 is 23.2 Å². The van der Waals surface area contributed by atoms with Gasteiger partial charge in [-0.15, -0.1) is 0 Å². The second kappa shape index (κ2) is 10.9. The molecule has 0 spiro atoms. The Morgan fingerprint density at radius 2 is 1.41 bits per heavy atom. The molecule has 2 heterocycles. The lowest BCUT2D eigenvalue weighted by molar-refractivity contribution is 0.289. The number of halogens is 2. The van der Waals surface area contributed by atoms with Crippen LogP contribution in [-0.4, -0.2) is 19.1 Å². The first kappa shape index (κ1) is 26.7. The minimum Gasteiger partial charge on any atom is -0.487 e. The molecule has 0 atom stereocenters. The Labute approximate surface area is 224 Å². The molecule has 0 saturated carbocycles. The predicted octanol–water partition coefficient (Wildman–Crippen LogP) is 4.62. The average Bonchev–Trinajstić information content (AvgIpc) is 3.30. The van der Waals surface area contributed by atoms with E-state index in [4.69, 9.17) is 32.7 Å². The van der Waals surface area contributed by atoms with Crippen molar-refractivity contribution in [2.45, 2.75) is 39.9 Å². The van der Waals surface area contributed by atoms with Gasteiger partial charge in [-0.05, 0) is 73.2 Å². The SMILES string of the molecule is Cc1cc(OCc2cc(=O)[nH]n2C)c(CCc2cc(OCc3cc(=O)n(C)n3C)c(C)cc2Cl)cc1Cl. The minimum absolute atomic E-state index is 0.0804. The maximum absolute atomic E-state index is 11.9. The van der Waals surface area contributed by atoms with E-state index in [1.165, 1.54) is 10.7 Å². The van der Waals surface area contributed by atoms with Crippen LogP contribution < -0.4 is 20.6 Å². The maximum atomic E-state index is 11.9. The summed E-state index contributed by atoms with van der Waals surface area (Å²) in [4.78, 5) is 23.5. The highest BCUT2D eigenvalue weighted by atomic mass is 35.5. The lowest BCUT2D eigenvalue weighted by Gasteiger charge is -2.16. The molecule has 4 aromatic rings. The Kier molecular flexibility index (Phi) is 7.90. The molecule has 8 nitrogen and oxygen atoms in total. The van der Waals surface area contributed by atoms with Crippen molar-refractivity contribution < 1.29 is 9.47 Å². The number of benzene rings is 2. The molecule has 0 bridgehead atoms. The van der Waals surface area contributed by atoms with E-state index in [0.717, 1.165) is 33.6 Å². The van der Waals surface area contributed by atoms with Crippen LogP contribution in [0.25, 0.3) is 0 Å². The fourth-order valence-corrected chi connectivity index (χ4v) is 4.60. The molecule has 0 aliphatic carbocycles. The molecule has 1 N–H and O–H groups in total. The zero-order valence-electron chi connectivity index (χ0n) is 21.5. The number of aromatic nitrogens is 4. The Morgan fingerprint density at radius 3 is 2.05 bits per heavy atom. The van der Waals surface area contributed by atoms with E-state index in [1.54, 1.807) is 29.5 Å². The Morgan fingerprint density at radius 1 is 0.730 bits per heavy atom. The molecule has 37 heavy (non-hydrogen) atoms. The van der Waals surface area contributed by atoms with Crippen molar-refractivity contribution >= 4 is 23.2 Å². The van der Waals surface area contributed by atoms with Crippen molar-refractivity contribution in [3.63, 3.8) is 0 Å². The molecule has 0 saturated heterocycles. The monoisotopic (exact) mass is 544 g/mol. The molecule has 0 aliphatic heterocycles. The minimum atomic E-state index is -0.171. The summed E-state index contributed by atoms with van der Waals surface area (Å²) in [5, 5.41) is 3.99. The molecule has 2 aromatic carbocycles. The average molecular weight is 545 g/mol. The van der Waals surface area contributed by atoms with Gasteiger partial charge in [-0.1, -0.05) is 23.2 Å².